The number of nitrogens with zero attached hydrogens (tertiary/aromatic N) is 2. The Morgan fingerprint density at radius 2 is 1.73 bits per heavy atom. The number of amides is 2. The second-order valence-corrected chi connectivity index (χ2v) is 9.69. The molecule has 2 fully saturated rings. The van der Waals surface area contributed by atoms with Crippen LogP contribution in [-0.2, 0) is 16.1 Å². The van der Waals surface area contributed by atoms with E-state index in [1.165, 1.54) is 0 Å². The van der Waals surface area contributed by atoms with Crippen molar-refractivity contribution < 1.29 is 23.8 Å². The minimum absolute atomic E-state index is 0.0450. The Labute approximate surface area is 195 Å². The molecule has 33 heavy (non-hydrogen) atoms. The molecule has 2 aliphatic rings. The van der Waals surface area contributed by atoms with E-state index >= 15 is 0 Å². The zero-order valence-electron chi connectivity index (χ0n) is 19.7. The molecule has 7 nitrogen and oxygen atoms in total. The van der Waals surface area contributed by atoms with Gasteiger partial charge in [-0.15, -0.1) is 0 Å². The molecule has 7 heteroatoms. The fourth-order valence-electron chi connectivity index (χ4n) is 4.75. The van der Waals surface area contributed by atoms with Crippen LogP contribution in [0, 0.1) is 5.92 Å². The molecule has 1 saturated carbocycles. The summed E-state index contributed by atoms with van der Waals surface area (Å²) in [5.41, 5.74) is 1.12. The number of hydrogen-bond donors (Lipinski definition) is 0. The number of piperidine rings is 1. The minimum atomic E-state index is -0.604. The van der Waals surface area contributed by atoms with E-state index in [1.807, 2.05) is 80.3 Å². The number of benzene rings is 2. The van der Waals surface area contributed by atoms with E-state index in [2.05, 4.69) is 0 Å². The molecule has 1 saturated heterocycles. The van der Waals surface area contributed by atoms with Crippen LogP contribution in [-0.4, -0.2) is 48.4 Å². The summed E-state index contributed by atoms with van der Waals surface area (Å²) in [5.74, 6) is 0.886. The molecular formula is C26H32N2O5. The molecule has 0 N–H and O–H groups in total. The molecule has 0 radical (unpaired) electrons. The first-order valence-electron chi connectivity index (χ1n) is 11.4. The highest BCUT2D eigenvalue weighted by Crippen LogP contribution is 2.43. The van der Waals surface area contributed by atoms with Crippen LogP contribution >= 0.6 is 0 Å². The van der Waals surface area contributed by atoms with Gasteiger partial charge in [0.25, 0.3) is 0 Å². The monoisotopic (exact) mass is 452 g/mol. The van der Waals surface area contributed by atoms with Crippen molar-refractivity contribution in [3.05, 3.63) is 60.2 Å². The molecule has 0 aromatic heterocycles. The number of methoxy groups -OCH3 is 1. The van der Waals surface area contributed by atoms with Crippen LogP contribution in [0.5, 0.6) is 5.75 Å². The van der Waals surface area contributed by atoms with Crippen molar-refractivity contribution in [1.29, 1.82) is 0 Å². The molecule has 2 aromatic carbocycles. The van der Waals surface area contributed by atoms with Crippen LogP contribution in [0.25, 0.3) is 0 Å². The summed E-state index contributed by atoms with van der Waals surface area (Å²) in [6, 6.07) is 17.1. The first kappa shape index (κ1) is 23.0. The Kier molecular flexibility index (Phi) is 6.49. The SMILES string of the molecule is COc1ccc(N(C(=O)OC(C)(C)C)[C@@H]2C[C@H]3C[C@@H]2CN3C(=O)OCc2ccccc2)cc1. The molecule has 3 atom stereocenters. The molecule has 2 aromatic rings. The average Bonchev–Trinajstić information content (AvgIpc) is 3.39. The Bertz CT molecular complexity index is 970. The second-order valence-electron chi connectivity index (χ2n) is 9.69. The zero-order chi connectivity index (χ0) is 23.6. The van der Waals surface area contributed by atoms with Gasteiger partial charge in [-0.1, -0.05) is 30.3 Å². The van der Waals surface area contributed by atoms with Crippen molar-refractivity contribution in [2.24, 2.45) is 5.92 Å². The predicted molar refractivity (Wildman–Crippen MR) is 125 cm³/mol. The lowest BCUT2D eigenvalue weighted by Gasteiger charge is -2.38. The Hall–Kier alpha value is -3.22. The van der Waals surface area contributed by atoms with Gasteiger partial charge in [0.2, 0.25) is 0 Å². The van der Waals surface area contributed by atoms with E-state index in [4.69, 9.17) is 14.2 Å². The molecule has 1 heterocycles. The second kappa shape index (κ2) is 9.33. The standard InChI is InChI=1S/C26H32N2O5/c1-26(2,3)33-25(30)28(20-10-12-22(31-4)13-11-20)23-15-21-14-19(23)16-27(21)24(29)32-17-18-8-6-5-7-9-18/h5-13,19,21,23H,14-17H2,1-4H3/t19-,21-,23-/m1/s1. The number of hydrogen-bond acceptors (Lipinski definition) is 5. The quantitative estimate of drug-likeness (QED) is 0.621. The molecule has 2 amide bonds. The van der Waals surface area contributed by atoms with E-state index in [1.54, 1.807) is 12.0 Å². The van der Waals surface area contributed by atoms with Crippen LogP contribution in [0.4, 0.5) is 15.3 Å². The number of fused-ring (bicyclic) bond motifs is 2. The van der Waals surface area contributed by atoms with Crippen molar-refractivity contribution in [3.8, 4) is 5.75 Å². The van der Waals surface area contributed by atoms with E-state index < -0.39 is 5.60 Å². The average molecular weight is 453 g/mol. The van der Waals surface area contributed by atoms with Gasteiger partial charge < -0.3 is 19.1 Å². The van der Waals surface area contributed by atoms with Gasteiger partial charge in [-0.3, -0.25) is 4.90 Å². The Balaban J connectivity index is 1.46. The van der Waals surface area contributed by atoms with E-state index in [-0.39, 0.29) is 36.8 Å². The molecule has 2 bridgehead atoms. The van der Waals surface area contributed by atoms with Gasteiger partial charge in [0.15, 0.2) is 0 Å². The largest absolute Gasteiger partial charge is 0.497 e. The van der Waals surface area contributed by atoms with Crippen molar-refractivity contribution in [2.75, 3.05) is 18.6 Å². The molecule has 4 rings (SSSR count). The van der Waals surface area contributed by atoms with Crippen LogP contribution in [0.2, 0.25) is 0 Å². The lowest BCUT2D eigenvalue weighted by molar-refractivity contribution is 0.0537. The van der Waals surface area contributed by atoms with Crippen molar-refractivity contribution in [2.45, 2.75) is 57.9 Å². The molecular weight excluding hydrogens is 420 g/mol. The number of ether oxygens (including phenoxy) is 3. The molecule has 1 aliphatic heterocycles. The maximum Gasteiger partial charge on any atom is 0.415 e. The van der Waals surface area contributed by atoms with Gasteiger partial charge in [0.05, 0.1) is 7.11 Å². The highest BCUT2D eigenvalue weighted by Gasteiger charge is 2.51. The fourth-order valence-corrected chi connectivity index (χ4v) is 4.75. The predicted octanol–water partition coefficient (Wildman–Crippen LogP) is 5.24. The summed E-state index contributed by atoms with van der Waals surface area (Å²) in [7, 11) is 1.61. The first-order chi connectivity index (χ1) is 15.7. The normalized spacial score (nSPS) is 21.6. The lowest BCUT2D eigenvalue weighted by atomic mass is 10.0. The molecule has 0 spiro atoms. The van der Waals surface area contributed by atoms with Crippen molar-refractivity contribution in [3.63, 3.8) is 0 Å². The van der Waals surface area contributed by atoms with Gasteiger partial charge in [-0.25, -0.2) is 9.59 Å². The number of carbonyl (C=O) groups is 2. The topological polar surface area (TPSA) is 68.3 Å². The fraction of sp³-hybridized carbons (Fsp3) is 0.462. The third kappa shape index (κ3) is 5.24. The van der Waals surface area contributed by atoms with E-state index in [0.29, 0.717) is 13.0 Å². The van der Waals surface area contributed by atoms with Crippen molar-refractivity contribution in [1.82, 2.24) is 4.90 Å². The van der Waals surface area contributed by atoms with Gasteiger partial charge in [-0.05, 0) is 69.4 Å². The smallest absolute Gasteiger partial charge is 0.415 e. The Morgan fingerprint density at radius 3 is 2.30 bits per heavy atom. The lowest BCUT2D eigenvalue weighted by Crippen LogP contribution is -2.51. The van der Waals surface area contributed by atoms with Crippen LogP contribution in [0.15, 0.2) is 54.6 Å². The van der Waals surface area contributed by atoms with Gasteiger partial charge in [0, 0.05) is 24.3 Å². The van der Waals surface area contributed by atoms with Gasteiger partial charge in [0.1, 0.15) is 18.0 Å². The van der Waals surface area contributed by atoms with E-state index in [9.17, 15) is 9.59 Å². The molecule has 1 aliphatic carbocycles. The van der Waals surface area contributed by atoms with E-state index in [0.717, 1.165) is 23.4 Å². The zero-order valence-corrected chi connectivity index (χ0v) is 19.7. The number of rotatable bonds is 5. The highest BCUT2D eigenvalue weighted by atomic mass is 16.6. The molecule has 176 valence electrons. The summed E-state index contributed by atoms with van der Waals surface area (Å²) in [5, 5.41) is 0. The summed E-state index contributed by atoms with van der Waals surface area (Å²) >= 11 is 0. The first-order valence-corrected chi connectivity index (χ1v) is 11.4. The third-order valence-electron chi connectivity index (χ3n) is 6.22. The minimum Gasteiger partial charge on any atom is -0.497 e. The third-order valence-corrected chi connectivity index (χ3v) is 6.22. The number of carbonyl (C=O) groups excluding carboxylic acids is 2. The highest BCUT2D eigenvalue weighted by molar-refractivity contribution is 5.89. The summed E-state index contributed by atoms with van der Waals surface area (Å²) in [4.78, 5) is 29.5. The van der Waals surface area contributed by atoms with Gasteiger partial charge >= 0.3 is 12.2 Å². The Morgan fingerprint density at radius 1 is 1.03 bits per heavy atom. The maximum absolute atomic E-state index is 13.2. The van der Waals surface area contributed by atoms with Crippen LogP contribution in [0.1, 0.15) is 39.2 Å². The summed E-state index contributed by atoms with van der Waals surface area (Å²) in [6.45, 7) is 6.42. The number of likely N-dealkylation sites (tertiary alicyclic amines) is 1. The van der Waals surface area contributed by atoms with Crippen LogP contribution < -0.4 is 9.64 Å². The summed E-state index contributed by atoms with van der Waals surface area (Å²) in [6.07, 6.45) is 0.873. The number of anilines is 1. The van der Waals surface area contributed by atoms with Crippen LogP contribution in [0.3, 0.4) is 0 Å². The summed E-state index contributed by atoms with van der Waals surface area (Å²) < 4.78 is 16.6. The maximum atomic E-state index is 13.2. The molecule has 0 unspecified atom stereocenters. The van der Waals surface area contributed by atoms with Crippen molar-refractivity contribution >= 4 is 17.9 Å². The van der Waals surface area contributed by atoms with Gasteiger partial charge in [-0.2, -0.15) is 0 Å².